The number of benzene rings is 2. The first kappa shape index (κ1) is 25.6. The highest BCUT2D eigenvalue weighted by atomic mass is 127. The number of nitrogens with zero attached hydrogens (tertiary/aromatic N) is 3. The van der Waals surface area contributed by atoms with Gasteiger partial charge in [0.25, 0.3) is 5.56 Å². The predicted octanol–water partition coefficient (Wildman–Crippen LogP) is 3.03. The molecule has 12 heteroatoms. The highest BCUT2D eigenvalue weighted by molar-refractivity contribution is 14.1. The summed E-state index contributed by atoms with van der Waals surface area (Å²) in [6.07, 6.45) is 1.51. The molecule has 186 valence electrons. The number of fused-ring (bicyclic) bond motifs is 1. The van der Waals surface area contributed by atoms with Gasteiger partial charge in [-0.25, -0.2) is 9.79 Å². The Hall–Kier alpha value is -3.52. The van der Waals surface area contributed by atoms with Crippen molar-refractivity contribution in [3.05, 3.63) is 92.2 Å². The predicted molar refractivity (Wildman–Crippen MR) is 141 cm³/mol. The monoisotopic (exact) mass is 621 g/mol. The summed E-state index contributed by atoms with van der Waals surface area (Å²) in [4.78, 5) is 42.1. The van der Waals surface area contributed by atoms with Gasteiger partial charge in [0.2, 0.25) is 5.75 Å². The van der Waals surface area contributed by atoms with Crippen LogP contribution in [0.1, 0.15) is 31.0 Å². The van der Waals surface area contributed by atoms with Gasteiger partial charge < -0.3 is 14.6 Å². The van der Waals surface area contributed by atoms with Crippen LogP contribution in [0.2, 0.25) is 0 Å². The molecular formula is C24H20IN3O7S. The van der Waals surface area contributed by atoms with Gasteiger partial charge in [0, 0.05) is 6.07 Å². The summed E-state index contributed by atoms with van der Waals surface area (Å²) < 4.78 is 12.5. The Bertz CT molecular complexity index is 1590. The number of thiazole rings is 1. The number of aromatic hydroxyl groups is 1. The molecule has 1 aromatic heterocycles. The van der Waals surface area contributed by atoms with Crippen LogP contribution in [-0.2, 0) is 9.53 Å². The normalized spacial score (nSPS) is 15.3. The molecular weight excluding hydrogens is 601 g/mol. The van der Waals surface area contributed by atoms with E-state index in [1.807, 2.05) is 0 Å². The lowest BCUT2D eigenvalue weighted by Crippen LogP contribution is -2.39. The first-order valence-electron chi connectivity index (χ1n) is 10.7. The Kier molecular flexibility index (Phi) is 7.26. The van der Waals surface area contributed by atoms with E-state index in [0.717, 1.165) is 11.3 Å². The molecule has 0 fully saturated rings. The van der Waals surface area contributed by atoms with Crippen molar-refractivity contribution in [2.75, 3.05) is 13.7 Å². The van der Waals surface area contributed by atoms with E-state index in [9.17, 15) is 24.8 Å². The lowest BCUT2D eigenvalue weighted by Gasteiger charge is -2.24. The van der Waals surface area contributed by atoms with Gasteiger partial charge in [0.05, 0.1) is 44.1 Å². The maximum Gasteiger partial charge on any atom is 0.338 e. The van der Waals surface area contributed by atoms with Crippen LogP contribution in [-0.4, -0.2) is 34.3 Å². The fourth-order valence-electron chi connectivity index (χ4n) is 3.87. The molecule has 2 aromatic carbocycles. The zero-order chi connectivity index (χ0) is 26.1. The standard InChI is InChI=1S/C24H20IN3O7S/c1-4-35-23(31)19-12(2)26-24-27(20(19)14-5-7-15(34-3)8-6-14)22(30)18(36-24)11-13-9-16(25)21(29)17(10-13)28(32)33/h5-11,20,29H,4H2,1-3H3/b18-11-/t20-/m0/s1. The zero-order valence-corrected chi connectivity index (χ0v) is 22.3. The number of phenols is 1. The fourth-order valence-corrected chi connectivity index (χ4v) is 5.55. The first-order chi connectivity index (χ1) is 17.2. The number of halogens is 1. The molecule has 1 aliphatic heterocycles. The number of phenolic OH excluding ortho intramolecular Hbond substituents is 1. The van der Waals surface area contributed by atoms with Crippen molar-refractivity contribution in [1.82, 2.24) is 4.57 Å². The third kappa shape index (κ3) is 4.65. The van der Waals surface area contributed by atoms with Crippen LogP contribution in [0.4, 0.5) is 5.69 Å². The van der Waals surface area contributed by atoms with Crippen molar-refractivity contribution in [2.45, 2.75) is 19.9 Å². The molecule has 36 heavy (non-hydrogen) atoms. The lowest BCUT2D eigenvalue weighted by molar-refractivity contribution is -0.386. The van der Waals surface area contributed by atoms with E-state index in [4.69, 9.17) is 9.47 Å². The van der Waals surface area contributed by atoms with Crippen molar-refractivity contribution in [3.63, 3.8) is 0 Å². The number of carbonyl (C=O) groups excluding carboxylic acids is 1. The maximum atomic E-state index is 13.6. The summed E-state index contributed by atoms with van der Waals surface area (Å²) in [7, 11) is 1.54. The number of nitro benzene ring substituents is 1. The van der Waals surface area contributed by atoms with Crippen molar-refractivity contribution < 1.29 is 24.3 Å². The van der Waals surface area contributed by atoms with Gasteiger partial charge in [0.1, 0.15) is 5.75 Å². The minimum absolute atomic E-state index is 0.160. The molecule has 0 bridgehead atoms. The average molecular weight is 621 g/mol. The minimum Gasteiger partial charge on any atom is -0.501 e. The second kappa shape index (κ2) is 10.2. The third-order valence-corrected chi connectivity index (χ3v) is 7.31. The molecule has 1 N–H and O–H groups in total. The van der Waals surface area contributed by atoms with E-state index >= 15 is 0 Å². The molecule has 10 nitrogen and oxygen atoms in total. The van der Waals surface area contributed by atoms with Gasteiger partial charge in [-0.15, -0.1) is 0 Å². The van der Waals surface area contributed by atoms with Crippen LogP contribution in [0.15, 0.2) is 57.5 Å². The number of rotatable bonds is 6. The molecule has 4 rings (SSSR count). The first-order valence-corrected chi connectivity index (χ1v) is 12.6. The van der Waals surface area contributed by atoms with Crippen molar-refractivity contribution in [3.8, 4) is 11.5 Å². The highest BCUT2D eigenvalue weighted by Gasteiger charge is 2.33. The molecule has 1 aliphatic rings. The summed E-state index contributed by atoms with van der Waals surface area (Å²) in [5, 5.41) is 21.3. The second-order valence-corrected chi connectivity index (χ2v) is 9.87. The van der Waals surface area contributed by atoms with E-state index in [-0.39, 0.29) is 20.3 Å². The lowest BCUT2D eigenvalue weighted by atomic mass is 9.96. The summed E-state index contributed by atoms with van der Waals surface area (Å²) in [5.41, 5.74) is 0.830. The van der Waals surface area contributed by atoms with Gasteiger partial charge in [-0.1, -0.05) is 23.5 Å². The molecule has 2 heterocycles. The number of esters is 1. The Labute approximate surface area is 222 Å². The Morgan fingerprint density at radius 3 is 2.64 bits per heavy atom. The highest BCUT2D eigenvalue weighted by Crippen LogP contribution is 2.33. The molecule has 0 spiro atoms. The molecule has 0 unspecified atom stereocenters. The molecule has 0 saturated heterocycles. The van der Waals surface area contributed by atoms with Gasteiger partial charge in [0.15, 0.2) is 4.80 Å². The third-order valence-electron chi connectivity index (χ3n) is 5.51. The summed E-state index contributed by atoms with van der Waals surface area (Å²) in [6, 6.07) is 8.96. The summed E-state index contributed by atoms with van der Waals surface area (Å²) >= 11 is 2.89. The van der Waals surface area contributed by atoms with Crippen molar-refractivity contribution in [2.24, 2.45) is 4.99 Å². The van der Waals surface area contributed by atoms with Crippen LogP contribution in [0, 0.1) is 13.7 Å². The Morgan fingerprint density at radius 1 is 1.33 bits per heavy atom. The SMILES string of the molecule is CCOC(=O)C1=C(C)N=c2s/c(=C\c3cc(I)c(O)c([N+](=O)[O-])c3)c(=O)n2[C@H]1c1ccc(OC)cc1. The van der Waals surface area contributed by atoms with Crippen LogP contribution in [0.5, 0.6) is 11.5 Å². The van der Waals surface area contributed by atoms with E-state index < -0.39 is 33.9 Å². The Balaban J connectivity index is 1.95. The number of hydrogen-bond donors (Lipinski definition) is 1. The number of allylic oxidation sites excluding steroid dienone is 1. The van der Waals surface area contributed by atoms with Crippen molar-refractivity contribution >= 4 is 51.7 Å². The van der Waals surface area contributed by atoms with E-state index in [2.05, 4.69) is 4.99 Å². The minimum atomic E-state index is -0.789. The number of carbonyl (C=O) groups is 1. The largest absolute Gasteiger partial charge is 0.501 e. The molecule has 3 aromatic rings. The number of ether oxygens (including phenoxy) is 2. The summed E-state index contributed by atoms with van der Waals surface area (Å²) in [6.45, 7) is 3.54. The number of nitro groups is 1. The molecule has 1 atom stereocenters. The second-order valence-electron chi connectivity index (χ2n) is 7.70. The number of hydrogen-bond acceptors (Lipinski definition) is 9. The quantitative estimate of drug-likeness (QED) is 0.194. The average Bonchev–Trinajstić information content (AvgIpc) is 3.14. The van der Waals surface area contributed by atoms with E-state index in [1.54, 1.807) is 67.8 Å². The smallest absolute Gasteiger partial charge is 0.338 e. The van der Waals surface area contributed by atoms with Crippen molar-refractivity contribution in [1.29, 1.82) is 0 Å². The fraction of sp³-hybridized carbons (Fsp3) is 0.208. The Morgan fingerprint density at radius 2 is 2.03 bits per heavy atom. The van der Waals surface area contributed by atoms with Crippen LogP contribution >= 0.6 is 33.9 Å². The van der Waals surface area contributed by atoms with Gasteiger partial charge in [-0.05, 0) is 71.8 Å². The molecule has 0 amide bonds. The van der Waals surface area contributed by atoms with E-state index in [0.29, 0.717) is 27.4 Å². The number of aromatic nitrogens is 1. The van der Waals surface area contributed by atoms with Gasteiger partial charge in [-0.2, -0.15) is 0 Å². The van der Waals surface area contributed by atoms with Crippen LogP contribution < -0.4 is 19.6 Å². The maximum absolute atomic E-state index is 13.6. The van der Waals surface area contributed by atoms with Gasteiger partial charge >= 0.3 is 11.7 Å². The van der Waals surface area contributed by atoms with Gasteiger partial charge in [-0.3, -0.25) is 19.5 Å². The topological polar surface area (TPSA) is 133 Å². The molecule has 0 radical (unpaired) electrons. The number of methoxy groups -OCH3 is 1. The van der Waals surface area contributed by atoms with Crippen LogP contribution in [0.3, 0.4) is 0 Å². The molecule has 0 saturated carbocycles. The van der Waals surface area contributed by atoms with E-state index in [1.165, 1.54) is 22.8 Å². The summed E-state index contributed by atoms with van der Waals surface area (Å²) in [5.74, 6) is -0.390. The van der Waals surface area contributed by atoms with Crippen LogP contribution in [0.25, 0.3) is 6.08 Å². The molecule has 0 aliphatic carbocycles. The zero-order valence-electron chi connectivity index (χ0n) is 19.4.